The summed E-state index contributed by atoms with van der Waals surface area (Å²) in [6.45, 7) is 2.71. The van der Waals surface area contributed by atoms with Crippen LogP contribution in [-0.4, -0.2) is 95.9 Å². The number of carbonyl (C=O) groups is 3. The van der Waals surface area contributed by atoms with Crippen LogP contribution in [0.15, 0.2) is 48.6 Å². The van der Waals surface area contributed by atoms with E-state index in [4.69, 9.17) is 32.3 Å². The SMILES string of the molecule is CCCCC/C=C\C/C=C\C/C=C\C/C=C\CCCCCCCCCCCCCCCCCCCC(=O)OCC(O)COP(=O)(O)OCC(O)COP(=O)(O)OCC(COC(=O)CCCCCCCCCCCCCCC)OC(=O)CCCCCCCCCCCCCCC. The van der Waals surface area contributed by atoms with E-state index >= 15 is 0 Å². The Balaban J connectivity index is 4.29. The highest BCUT2D eigenvalue weighted by Gasteiger charge is 2.29. The summed E-state index contributed by atoms with van der Waals surface area (Å²) in [6, 6.07) is 0. The third-order valence-corrected chi connectivity index (χ3v) is 19.0. The predicted molar refractivity (Wildman–Crippen MR) is 390 cm³/mol. The Labute approximate surface area is 580 Å². The van der Waals surface area contributed by atoms with Gasteiger partial charge >= 0.3 is 33.6 Å². The van der Waals surface area contributed by atoms with Crippen LogP contribution < -0.4 is 0 Å². The van der Waals surface area contributed by atoms with Crippen LogP contribution in [0, 0.1) is 0 Å². The van der Waals surface area contributed by atoms with Gasteiger partial charge in [-0.25, -0.2) is 9.13 Å². The number of ether oxygens (including phenoxy) is 3. The summed E-state index contributed by atoms with van der Waals surface area (Å²) in [7, 11) is -9.75. The maximum Gasteiger partial charge on any atom is 0.472 e. The first-order valence-corrected chi connectivity index (χ1v) is 41.9. The van der Waals surface area contributed by atoms with Gasteiger partial charge in [0.2, 0.25) is 0 Å². The first-order valence-electron chi connectivity index (χ1n) is 38.9. The fourth-order valence-corrected chi connectivity index (χ4v) is 12.7. The van der Waals surface area contributed by atoms with E-state index in [0.29, 0.717) is 19.3 Å². The smallest absolute Gasteiger partial charge is 0.463 e. The lowest BCUT2D eigenvalue weighted by molar-refractivity contribution is -0.161. The standard InChI is InChI=1S/C77H144O16P2/c1-4-7-10-13-16-19-22-25-26-27-28-29-30-31-32-33-34-35-36-37-38-39-40-41-42-43-44-47-49-51-54-57-60-63-75(80)87-66-72(78)67-89-94(83,84)90-68-73(79)69-91-95(85,86)92-71-74(93-77(82)65-62-59-56-53-50-46-24-21-18-15-12-9-6-3)70-88-76(81)64-61-58-55-52-48-45-23-20-17-14-11-8-5-2/h16,19,25-26,28-29,31-32,72-74,78-79H,4-15,17-18,20-24,27,30,33-71H2,1-3H3,(H,83,84)(H,85,86)/b19-16-,26-25-,29-28-,32-31-. The van der Waals surface area contributed by atoms with Gasteiger partial charge in [0.25, 0.3) is 0 Å². The lowest BCUT2D eigenvalue weighted by Gasteiger charge is -2.21. The fourth-order valence-electron chi connectivity index (χ4n) is 11.1. The molecule has 0 aliphatic carbocycles. The van der Waals surface area contributed by atoms with E-state index in [9.17, 15) is 43.5 Å². The number of aliphatic hydroxyl groups is 2. The number of phosphoric acid groups is 2. The second-order valence-corrected chi connectivity index (χ2v) is 29.4. The van der Waals surface area contributed by atoms with Gasteiger partial charge in [0.1, 0.15) is 25.4 Å². The van der Waals surface area contributed by atoms with Crippen molar-refractivity contribution in [2.24, 2.45) is 0 Å². The van der Waals surface area contributed by atoms with Gasteiger partial charge in [-0.2, -0.15) is 0 Å². The number of hydrogen-bond donors (Lipinski definition) is 4. The molecule has 0 rings (SSSR count). The Kier molecular flexibility index (Phi) is 69.5. The molecule has 558 valence electrons. The number of unbranched alkanes of at least 4 members (excludes halogenated alkanes) is 44. The monoisotopic (exact) mass is 1390 g/mol. The van der Waals surface area contributed by atoms with Crippen LogP contribution in [0.4, 0.5) is 0 Å². The van der Waals surface area contributed by atoms with E-state index in [1.165, 1.54) is 225 Å². The number of carbonyl (C=O) groups excluding carboxylic acids is 3. The highest BCUT2D eigenvalue weighted by Crippen LogP contribution is 2.45. The van der Waals surface area contributed by atoms with Crippen molar-refractivity contribution < 1.29 is 75.8 Å². The molecule has 0 aromatic rings. The Morgan fingerprint density at radius 3 is 0.853 bits per heavy atom. The zero-order valence-corrected chi connectivity index (χ0v) is 62.6. The number of rotatable bonds is 75. The first kappa shape index (κ1) is 92.5. The van der Waals surface area contributed by atoms with Gasteiger partial charge < -0.3 is 34.2 Å². The second-order valence-electron chi connectivity index (χ2n) is 26.5. The van der Waals surface area contributed by atoms with Gasteiger partial charge in [0, 0.05) is 19.3 Å². The molecule has 0 heterocycles. The molecule has 0 aromatic carbocycles. The Hall–Kier alpha value is -2.49. The summed E-state index contributed by atoms with van der Waals surface area (Å²) in [5.41, 5.74) is 0. The van der Waals surface area contributed by atoms with Crippen LogP contribution in [0.1, 0.15) is 367 Å². The normalized spacial score (nSPS) is 14.3. The average Bonchev–Trinajstić information content (AvgIpc) is 2.18. The van der Waals surface area contributed by atoms with Gasteiger partial charge in [-0.15, -0.1) is 0 Å². The number of aliphatic hydroxyl groups excluding tert-OH is 2. The maximum atomic E-state index is 12.9. The van der Waals surface area contributed by atoms with Gasteiger partial charge in [0.05, 0.1) is 26.4 Å². The van der Waals surface area contributed by atoms with Crippen molar-refractivity contribution in [1.82, 2.24) is 0 Å². The summed E-state index contributed by atoms with van der Waals surface area (Å²) in [5, 5.41) is 20.6. The van der Waals surface area contributed by atoms with Crippen molar-refractivity contribution in [3.8, 4) is 0 Å². The van der Waals surface area contributed by atoms with Crippen molar-refractivity contribution >= 4 is 33.6 Å². The Bertz CT molecular complexity index is 1930. The molecule has 0 amide bonds. The van der Waals surface area contributed by atoms with Crippen LogP contribution in [-0.2, 0) is 55.8 Å². The number of esters is 3. The summed E-state index contributed by atoms with van der Waals surface area (Å²) >= 11 is 0. The highest BCUT2D eigenvalue weighted by molar-refractivity contribution is 7.47. The first-order chi connectivity index (χ1) is 46.2. The molecule has 0 bridgehead atoms. The quantitative estimate of drug-likeness (QED) is 0.0146. The molecule has 0 saturated carbocycles. The third-order valence-electron chi connectivity index (χ3n) is 17.1. The fraction of sp³-hybridized carbons (Fsp3) is 0.857. The third kappa shape index (κ3) is 72.6. The topological polar surface area (TPSA) is 231 Å². The molecule has 0 spiro atoms. The molecule has 0 saturated heterocycles. The van der Waals surface area contributed by atoms with Gasteiger partial charge in [-0.1, -0.05) is 333 Å². The second kappa shape index (κ2) is 71.3. The maximum absolute atomic E-state index is 12.9. The van der Waals surface area contributed by atoms with E-state index in [0.717, 1.165) is 83.5 Å². The molecule has 18 heteroatoms. The van der Waals surface area contributed by atoms with E-state index in [2.05, 4.69) is 69.4 Å². The van der Waals surface area contributed by atoms with Crippen LogP contribution in [0.3, 0.4) is 0 Å². The van der Waals surface area contributed by atoms with E-state index in [-0.39, 0.29) is 19.3 Å². The number of hydrogen-bond acceptors (Lipinski definition) is 14. The molecular weight excluding hydrogens is 1240 g/mol. The van der Waals surface area contributed by atoms with Gasteiger partial charge in [0.15, 0.2) is 6.10 Å². The molecule has 0 radical (unpaired) electrons. The lowest BCUT2D eigenvalue weighted by atomic mass is 10.0. The van der Waals surface area contributed by atoms with E-state index in [1.54, 1.807) is 0 Å². The van der Waals surface area contributed by atoms with Crippen molar-refractivity contribution in [3.05, 3.63) is 48.6 Å². The predicted octanol–water partition coefficient (Wildman–Crippen LogP) is 22.3. The van der Waals surface area contributed by atoms with Crippen molar-refractivity contribution in [2.45, 2.75) is 386 Å². The van der Waals surface area contributed by atoms with E-state index in [1.807, 2.05) is 0 Å². The van der Waals surface area contributed by atoms with Gasteiger partial charge in [-0.3, -0.25) is 32.5 Å². The molecule has 0 aliphatic rings. The largest absolute Gasteiger partial charge is 0.472 e. The van der Waals surface area contributed by atoms with Crippen LogP contribution >= 0.6 is 15.6 Å². The highest BCUT2D eigenvalue weighted by atomic mass is 31.2. The zero-order valence-electron chi connectivity index (χ0n) is 60.9. The molecular formula is C77H144O16P2. The lowest BCUT2D eigenvalue weighted by Crippen LogP contribution is -2.30. The minimum Gasteiger partial charge on any atom is -0.463 e. The Morgan fingerprint density at radius 2 is 0.526 bits per heavy atom. The molecule has 4 N–H and O–H groups in total. The van der Waals surface area contributed by atoms with Crippen LogP contribution in [0.2, 0.25) is 0 Å². The van der Waals surface area contributed by atoms with Crippen LogP contribution in [0.25, 0.3) is 0 Å². The minimum absolute atomic E-state index is 0.114. The van der Waals surface area contributed by atoms with E-state index < -0.39 is 91.5 Å². The molecule has 0 aromatic heterocycles. The number of allylic oxidation sites excluding steroid dienone is 8. The molecule has 5 unspecified atom stereocenters. The minimum atomic E-state index is -4.91. The molecule has 95 heavy (non-hydrogen) atoms. The van der Waals surface area contributed by atoms with Crippen molar-refractivity contribution in [1.29, 1.82) is 0 Å². The summed E-state index contributed by atoms with van der Waals surface area (Å²) in [4.78, 5) is 58.4. The molecule has 16 nitrogen and oxygen atoms in total. The molecule has 5 atom stereocenters. The summed E-state index contributed by atoms with van der Waals surface area (Å²) in [6.07, 6.45) is 74.7. The number of phosphoric ester groups is 2. The Morgan fingerprint density at radius 1 is 0.295 bits per heavy atom. The average molecular weight is 1390 g/mol. The van der Waals surface area contributed by atoms with Crippen molar-refractivity contribution in [3.63, 3.8) is 0 Å². The van der Waals surface area contributed by atoms with Crippen LogP contribution in [0.5, 0.6) is 0 Å². The summed E-state index contributed by atoms with van der Waals surface area (Å²) < 4.78 is 61.0. The van der Waals surface area contributed by atoms with Gasteiger partial charge in [-0.05, 0) is 64.2 Å². The molecule has 0 fully saturated rings. The summed E-state index contributed by atoms with van der Waals surface area (Å²) in [5.74, 6) is -1.55. The zero-order chi connectivity index (χ0) is 69.5. The molecule has 0 aliphatic heterocycles. The van der Waals surface area contributed by atoms with Crippen molar-refractivity contribution in [2.75, 3.05) is 39.6 Å².